The molecular weight excluding hydrogens is 298 g/mol. The molecule has 112 valence electrons. The quantitative estimate of drug-likeness (QED) is 0.848. The van der Waals surface area contributed by atoms with Gasteiger partial charge in [0.25, 0.3) is 5.91 Å². The molecule has 1 amide bonds. The van der Waals surface area contributed by atoms with Crippen LogP contribution in [0.1, 0.15) is 29.4 Å². The first kappa shape index (κ1) is 15.1. The Bertz CT molecular complexity index is 633. The number of nitrogens with two attached hydrogens (primary N) is 1. The fourth-order valence-electron chi connectivity index (χ4n) is 1.82. The maximum Gasteiger partial charge on any atom is 0.263 e. The van der Waals surface area contributed by atoms with E-state index >= 15 is 0 Å². The lowest BCUT2D eigenvalue weighted by Gasteiger charge is -2.15. The van der Waals surface area contributed by atoms with Crippen molar-refractivity contribution in [2.45, 2.75) is 30.7 Å². The van der Waals surface area contributed by atoms with Crippen LogP contribution in [0.3, 0.4) is 0 Å². The molecule has 3 N–H and O–H groups in total. The van der Waals surface area contributed by atoms with Gasteiger partial charge in [0, 0.05) is 25.9 Å². The van der Waals surface area contributed by atoms with Crippen molar-refractivity contribution >= 4 is 37.8 Å². The zero-order chi connectivity index (χ0) is 15.1. The minimum Gasteiger partial charge on any atom is -0.396 e. The number of thiophene rings is 1. The number of amides is 1. The predicted molar refractivity (Wildman–Crippen MR) is 81.3 cm³/mol. The number of sulfone groups is 1. The van der Waals surface area contributed by atoms with E-state index in [1.54, 1.807) is 11.9 Å². The van der Waals surface area contributed by atoms with Crippen LogP contribution in [-0.4, -0.2) is 40.2 Å². The average Bonchev–Trinajstić information content (AvgIpc) is 3.07. The number of nitrogen functional groups attached to an aromatic ring is 1. The Hall–Kier alpha value is -1.28. The minimum absolute atomic E-state index is 0.0611. The molecule has 0 aromatic carbocycles. The summed E-state index contributed by atoms with van der Waals surface area (Å²) in [6.07, 6.45) is 3.05. The van der Waals surface area contributed by atoms with Crippen LogP contribution in [0.4, 0.5) is 10.7 Å². The van der Waals surface area contributed by atoms with Crippen LogP contribution in [-0.2, 0) is 9.84 Å². The number of anilines is 2. The summed E-state index contributed by atoms with van der Waals surface area (Å²) in [6.45, 7) is 2.54. The molecule has 1 fully saturated rings. The zero-order valence-electron chi connectivity index (χ0n) is 11.8. The van der Waals surface area contributed by atoms with Gasteiger partial charge in [-0.05, 0) is 19.8 Å². The lowest BCUT2D eigenvalue weighted by molar-refractivity contribution is 0.0956. The molecule has 1 heterocycles. The van der Waals surface area contributed by atoms with Crippen LogP contribution in [0.15, 0.2) is 4.90 Å². The van der Waals surface area contributed by atoms with Gasteiger partial charge in [0.15, 0.2) is 9.84 Å². The van der Waals surface area contributed by atoms with E-state index in [4.69, 9.17) is 5.73 Å². The monoisotopic (exact) mass is 317 g/mol. The molecule has 1 saturated carbocycles. The second-order valence-corrected chi connectivity index (χ2v) is 7.96. The van der Waals surface area contributed by atoms with E-state index in [0.29, 0.717) is 11.5 Å². The topological polar surface area (TPSA) is 92.5 Å². The minimum atomic E-state index is -3.48. The first-order valence-corrected chi connectivity index (χ1v) is 9.10. The maximum absolute atomic E-state index is 12.1. The summed E-state index contributed by atoms with van der Waals surface area (Å²) in [5.74, 6) is -0.282. The Kier molecular flexibility index (Phi) is 3.97. The number of nitrogens with one attached hydrogen (secondary N) is 1. The van der Waals surface area contributed by atoms with Crippen molar-refractivity contribution in [1.29, 1.82) is 0 Å². The summed E-state index contributed by atoms with van der Waals surface area (Å²) in [4.78, 5) is 14.3. The van der Waals surface area contributed by atoms with Crippen LogP contribution < -0.4 is 16.0 Å². The van der Waals surface area contributed by atoms with Gasteiger partial charge in [-0.1, -0.05) is 0 Å². The normalized spacial score (nSPS) is 15.2. The standard InChI is InChI=1S/C12H19N3O3S2/c1-4-15(2)12-10(20(3,17)18)8(13)9(19-12)11(16)14-7-5-6-7/h7H,4-6,13H2,1-3H3,(H,14,16). The molecule has 0 spiro atoms. The number of carbonyl (C=O) groups excluding carboxylic acids is 1. The molecule has 1 aromatic heterocycles. The van der Waals surface area contributed by atoms with Gasteiger partial charge in [-0.25, -0.2) is 8.42 Å². The van der Waals surface area contributed by atoms with Gasteiger partial charge in [0.2, 0.25) is 0 Å². The molecule has 1 aliphatic carbocycles. The van der Waals surface area contributed by atoms with Crippen LogP contribution in [0.2, 0.25) is 0 Å². The molecule has 1 aromatic rings. The third-order valence-corrected chi connectivity index (χ3v) is 5.80. The third kappa shape index (κ3) is 2.90. The van der Waals surface area contributed by atoms with Gasteiger partial charge in [0.1, 0.15) is 14.8 Å². The highest BCUT2D eigenvalue weighted by atomic mass is 32.2. The van der Waals surface area contributed by atoms with E-state index < -0.39 is 9.84 Å². The van der Waals surface area contributed by atoms with E-state index in [1.165, 1.54) is 0 Å². The third-order valence-electron chi connectivity index (χ3n) is 3.19. The largest absolute Gasteiger partial charge is 0.396 e. The molecule has 2 rings (SSSR count). The number of hydrogen-bond acceptors (Lipinski definition) is 6. The van der Waals surface area contributed by atoms with Crippen molar-refractivity contribution in [3.05, 3.63) is 4.88 Å². The second-order valence-electron chi connectivity index (χ2n) is 5.01. The summed E-state index contributed by atoms with van der Waals surface area (Å²) in [6, 6.07) is 0.207. The van der Waals surface area contributed by atoms with E-state index in [9.17, 15) is 13.2 Å². The average molecular weight is 317 g/mol. The molecular formula is C12H19N3O3S2. The zero-order valence-corrected chi connectivity index (χ0v) is 13.4. The number of hydrogen-bond donors (Lipinski definition) is 2. The molecule has 0 bridgehead atoms. The first-order chi connectivity index (χ1) is 9.25. The molecule has 0 unspecified atom stereocenters. The molecule has 8 heteroatoms. The maximum atomic E-state index is 12.1. The molecule has 20 heavy (non-hydrogen) atoms. The molecule has 0 saturated heterocycles. The molecule has 1 aliphatic rings. The van der Waals surface area contributed by atoms with Gasteiger partial charge >= 0.3 is 0 Å². The Labute approximate surface area is 122 Å². The van der Waals surface area contributed by atoms with E-state index in [2.05, 4.69) is 5.32 Å². The Morgan fingerprint density at radius 1 is 1.50 bits per heavy atom. The second kappa shape index (κ2) is 5.25. The van der Waals surface area contributed by atoms with Crippen LogP contribution >= 0.6 is 11.3 Å². The highest BCUT2D eigenvalue weighted by Crippen LogP contribution is 2.41. The highest BCUT2D eigenvalue weighted by molar-refractivity contribution is 7.91. The molecule has 0 aliphatic heterocycles. The predicted octanol–water partition coefficient (Wildman–Crippen LogP) is 1.08. The van der Waals surface area contributed by atoms with Crippen LogP contribution in [0.5, 0.6) is 0 Å². The van der Waals surface area contributed by atoms with E-state index in [0.717, 1.165) is 30.4 Å². The van der Waals surface area contributed by atoms with E-state index in [1.807, 2.05) is 6.92 Å². The number of nitrogens with zero attached hydrogens (tertiary/aromatic N) is 1. The highest BCUT2D eigenvalue weighted by Gasteiger charge is 2.31. The summed E-state index contributed by atoms with van der Waals surface area (Å²) in [5, 5.41) is 3.36. The van der Waals surface area contributed by atoms with Crippen LogP contribution in [0.25, 0.3) is 0 Å². The van der Waals surface area contributed by atoms with Gasteiger partial charge in [0.05, 0.1) is 5.69 Å². The lowest BCUT2D eigenvalue weighted by Crippen LogP contribution is -2.25. The Morgan fingerprint density at radius 2 is 2.10 bits per heavy atom. The lowest BCUT2D eigenvalue weighted by atomic mass is 10.3. The Balaban J connectivity index is 2.48. The van der Waals surface area contributed by atoms with Crippen LogP contribution in [0, 0.1) is 0 Å². The fraction of sp³-hybridized carbons (Fsp3) is 0.583. The summed E-state index contributed by atoms with van der Waals surface area (Å²) >= 11 is 1.13. The van der Waals surface area contributed by atoms with Gasteiger partial charge in [-0.2, -0.15) is 0 Å². The van der Waals surface area contributed by atoms with Crippen molar-refractivity contribution in [3.63, 3.8) is 0 Å². The van der Waals surface area contributed by atoms with Gasteiger partial charge < -0.3 is 16.0 Å². The summed E-state index contributed by atoms with van der Waals surface area (Å²) in [5.41, 5.74) is 5.98. The molecule has 6 nitrogen and oxygen atoms in total. The molecule has 0 radical (unpaired) electrons. The smallest absolute Gasteiger partial charge is 0.263 e. The Morgan fingerprint density at radius 3 is 2.55 bits per heavy atom. The summed E-state index contributed by atoms with van der Waals surface area (Å²) < 4.78 is 23.9. The number of carbonyl (C=O) groups is 1. The first-order valence-electron chi connectivity index (χ1n) is 6.40. The van der Waals surface area contributed by atoms with Crippen molar-refractivity contribution in [2.24, 2.45) is 0 Å². The van der Waals surface area contributed by atoms with Gasteiger partial charge in [-0.15, -0.1) is 11.3 Å². The summed E-state index contributed by atoms with van der Waals surface area (Å²) in [7, 11) is -1.70. The van der Waals surface area contributed by atoms with Crippen molar-refractivity contribution in [3.8, 4) is 0 Å². The number of rotatable bonds is 5. The van der Waals surface area contributed by atoms with Crippen molar-refractivity contribution in [2.75, 3.05) is 30.5 Å². The fourth-order valence-corrected chi connectivity index (χ4v) is 4.48. The van der Waals surface area contributed by atoms with Crippen molar-refractivity contribution in [1.82, 2.24) is 5.32 Å². The van der Waals surface area contributed by atoms with Gasteiger partial charge in [-0.3, -0.25) is 4.79 Å². The molecule has 0 atom stereocenters. The van der Waals surface area contributed by atoms with Crippen molar-refractivity contribution < 1.29 is 13.2 Å². The SMILES string of the molecule is CCN(C)c1sc(C(=O)NC2CC2)c(N)c1S(C)(=O)=O. The van der Waals surface area contributed by atoms with E-state index in [-0.39, 0.29) is 27.4 Å².